The maximum atomic E-state index is 13.8. The molecule has 7 heteroatoms. The molecule has 0 saturated heterocycles. The van der Waals surface area contributed by atoms with Crippen molar-refractivity contribution in [2.45, 2.75) is 0 Å². The highest BCUT2D eigenvalue weighted by Gasteiger charge is 2.18. The highest BCUT2D eigenvalue weighted by molar-refractivity contribution is 6.30. The number of anilines is 1. The van der Waals surface area contributed by atoms with Gasteiger partial charge in [0.05, 0.1) is 32.6 Å². The summed E-state index contributed by atoms with van der Waals surface area (Å²) >= 11 is 5.69. The molecule has 23 heavy (non-hydrogen) atoms. The van der Waals surface area contributed by atoms with Gasteiger partial charge in [0, 0.05) is 17.2 Å². The van der Waals surface area contributed by atoms with Gasteiger partial charge in [-0.1, -0.05) is 11.6 Å². The number of rotatable bonds is 5. The minimum atomic E-state index is -0.634. The first-order chi connectivity index (χ1) is 11.0. The van der Waals surface area contributed by atoms with Crippen LogP contribution in [0.4, 0.5) is 10.1 Å². The number of hydrogen-bond acceptors (Lipinski definition) is 4. The van der Waals surface area contributed by atoms with E-state index in [1.54, 1.807) is 0 Å². The normalized spacial score (nSPS) is 10.1. The molecule has 0 heterocycles. The molecule has 0 saturated carbocycles. The molecule has 0 aliphatic carbocycles. The lowest BCUT2D eigenvalue weighted by Gasteiger charge is -2.14. The Balaban J connectivity index is 2.38. The van der Waals surface area contributed by atoms with E-state index < -0.39 is 11.7 Å². The van der Waals surface area contributed by atoms with Crippen molar-refractivity contribution < 1.29 is 23.4 Å². The van der Waals surface area contributed by atoms with E-state index in [4.69, 9.17) is 25.8 Å². The fourth-order valence-electron chi connectivity index (χ4n) is 1.99. The molecule has 0 aliphatic heterocycles. The molecule has 0 radical (unpaired) electrons. The molecular formula is C16H15ClFNO4. The van der Waals surface area contributed by atoms with E-state index in [0.717, 1.165) is 6.07 Å². The Labute approximate surface area is 137 Å². The van der Waals surface area contributed by atoms with Gasteiger partial charge in [0.2, 0.25) is 0 Å². The van der Waals surface area contributed by atoms with Gasteiger partial charge in [-0.25, -0.2) is 4.39 Å². The van der Waals surface area contributed by atoms with Crippen LogP contribution in [0.25, 0.3) is 0 Å². The van der Waals surface area contributed by atoms with Gasteiger partial charge in [0.1, 0.15) is 11.6 Å². The van der Waals surface area contributed by atoms with E-state index >= 15 is 0 Å². The Bertz CT molecular complexity index is 736. The van der Waals surface area contributed by atoms with Gasteiger partial charge in [0.15, 0.2) is 11.5 Å². The van der Waals surface area contributed by atoms with E-state index in [-0.39, 0.29) is 22.0 Å². The molecule has 2 aromatic carbocycles. The Morgan fingerprint density at radius 1 is 1.00 bits per heavy atom. The van der Waals surface area contributed by atoms with Crippen LogP contribution in [0.1, 0.15) is 10.4 Å². The largest absolute Gasteiger partial charge is 0.496 e. The third kappa shape index (κ3) is 3.65. The number of carbonyl (C=O) groups excluding carboxylic acids is 1. The number of hydrogen-bond donors (Lipinski definition) is 1. The fraction of sp³-hybridized carbons (Fsp3) is 0.188. The summed E-state index contributed by atoms with van der Waals surface area (Å²) in [6.45, 7) is 0. The van der Waals surface area contributed by atoms with Gasteiger partial charge in [-0.15, -0.1) is 0 Å². The lowest BCUT2D eigenvalue weighted by atomic mass is 10.1. The summed E-state index contributed by atoms with van der Waals surface area (Å²) in [7, 11) is 4.34. The summed E-state index contributed by atoms with van der Waals surface area (Å²) < 4.78 is 29.3. The summed E-state index contributed by atoms with van der Waals surface area (Å²) in [5, 5.41) is 2.71. The number of methoxy groups -OCH3 is 3. The zero-order chi connectivity index (χ0) is 17.0. The zero-order valence-electron chi connectivity index (χ0n) is 12.8. The van der Waals surface area contributed by atoms with Gasteiger partial charge in [-0.3, -0.25) is 4.79 Å². The van der Waals surface area contributed by atoms with Crippen LogP contribution < -0.4 is 19.5 Å². The average Bonchev–Trinajstić information content (AvgIpc) is 2.55. The van der Waals surface area contributed by atoms with Gasteiger partial charge < -0.3 is 19.5 Å². The van der Waals surface area contributed by atoms with Crippen LogP contribution in [-0.4, -0.2) is 27.2 Å². The van der Waals surface area contributed by atoms with E-state index in [1.165, 1.54) is 45.6 Å². The summed E-state index contributed by atoms with van der Waals surface area (Å²) in [5.74, 6) is -0.141. The number of halogens is 2. The van der Waals surface area contributed by atoms with Crippen molar-refractivity contribution in [3.63, 3.8) is 0 Å². The van der Waals surface area contributed by atoms with Crippen LogP contribution >= 0.6 is 11.6 Å². The SMILES string of the molecule is COc1cc(OC)c(C(=O)Nc2ccc(Cl)cc2F)cc1OC. The van der Waals surface area contributed by atoms with Crippen LogP contribution in [0, 0.1) is 5.82 Å². The highest BCUT2D eigenvalue weighted by atomic mass is 35.5. The molecule has 0 bridgehead atoms. The second-order valence-corrected chi connectivity index (χ2v) is 4.92. The number of amides is 1. The van der Waals surface area contributed by atoms with Crippen molar-refractivity contribution in [1.29, 1.82) is 0 Å². The van der Waals surface area contributed by atoms with Crippen molar-refractivity contribution in [2.75, 3.05) is 26.6 Å². The predicted octanol–water partition coefficient (Wildman–Crippen LogP) is 3.76. The quantitative estimate of drug-likeness (QED) is 0.901. The molecule has 0 unspecified atom stereocenters. The van der Waals surface area contributed by atoms with Crippen LogP contribution in [-0.2, 0) is 0 Å². The smallest absolute Gasteiger partial charge is 0.259 e. The Kier molecular flexibility index (Phi) is 5.28. The lowest BCUT2D eigenvalue weighted by Crippen LogP contribution is -2.14. The Morgan fingerprint density at radius 3 is 2.17 bits per heavy atom. The van der Waals surface area contributed by atoms with Crippen molar-refractivity contribution in [2.24, 2.45) is 0 Å². The van der Waals surface area contributed by atoms with Crippen molar-refractivity contribution in [1.82, 2.24) is 0 Å². The molecule has 2 rings (SSSR count). The Morgan fingerprint density at radius 2 is 1.61 bits per heavy atom. The second kappa shape index (κ2) is 7.19. The summed E-state index contributed by atoms with van der Waals surface area (Å²) in [6, 6.07) is 6.95. The molecule has 0 aromatic heterocycles. The minimum Gasteiger partial charge on any atom is -0.496 e. The predicted molar refractivity (Wildman–Crippen MR) is 85.5 cm³/mol. The molecule has 0 fully saturated rings. The maximum Gasteiger partial charge on any atom is 0.259 e. The average molecular weight is 340 g/mol. The molecule has 0 spiro atoms. The Hall–Kier alpha value is -2.47. The fourth-order valence-corrected chi connectivity index (χ4v) is 2.15. The van der Waals surface area contributed by atoms with Crippen LogP contribution in [0.3, 0.4) is 0 Å². The number of ether oxygens (including phenoxy) is 3. The van der Waals surface area contributed by atoms with E-state index in [1.807, 2.05) is 0 Å². The lowest BCUT2D eigenvalue weighted by molar-refractivity contribution is 0.102. The standard InChI is InChI=1S/C16H15ClFNO4/c1-21-13-8-15(23-3)14(22-2)7-10(13)16(20)19-12-5-4-9(17)6-11(12)18/h4-8H,1-3H3,(H,19,20). The van der Waals surface area contributed by atoms with E-state index in [2.05, 4.69) is 5.32 Å². The van der Waals surface area contributed by atoms with Gasteiger partial charge in [-0.05, 0) is 18.2 Å². The van der Waals surface area contributed by atoms with Crippen molar-refractivity contribution in [3.8, 4) is 17.2 Å². The molecule has 0 atom stereocenters. The minimum absolute atomic E-state index is 0.0104. The third-order valence-corrected chi connectivity index (χ3v) is 3.36. The molecule has 1 N–H and O–H groups in total. The van der Waals surface area contributed by atoms with Gasteiger partial charge in [0.25, 0.3) is 5.91 Å². The first-order valence-electron chi connectivity index (χ1n) is 6.56. The number of nitrogens with one attached hydrogen (secondary N) is 1. The van der Waals surface area contributed by atoms with E-state index in [0.29, 0.717) is 11.5 Å². The van der Waals surface area contributed by atoms with Crippen molar-refractivity contribution >= 4 is 23.2 Å². The summed E-state index contributed by atoms with van der Waals surface area (Å²) in [5.41, 5.74) is 0.190. The molecule has 122 valence electrons. The second-order valence-electron chi connectivity index (χ2n) is 4.49. The molecular weight excluding hydrogens is 325 g/mol. The molecule has 0 aliphatic rings. The number of benzene rings is 2. The molecule has 5 nitrogen and oxygen atoms in total. The van der Waals surface area contributed by atoms with Crippen molar-refractivity contribution in [3.05, 3.63) is 46.7 Å². The number of carbonyl (C=O) groups is 1. The van der Waals surface area contributed by atoms with Crippen LogP contribution in [0.5, 0.6) is 17.2 Å². The summed E-state index contributed by atoms with van der Waals surface area (Å²) in [6.07, 6.45) is 0. The van der Waals surface area contributed by atoms with Crippen LogP contribution in [0.2, 0.25) is 5.02 Å². The highest BCUT2D eigenvalue weighted by Crippen LogP contribution is 2.35. The van der Waals surface area contributed by atoms with E-state index in [9.17, 15) is 9.18 Å². The van der Waals surface area contributed by atoms with Crippen LogP contribution in [0.15, 0.2) is 30.3 Å². The van der Waals surface area contributed by atoms with Gasteiger partial charge >= 0.3 is 0 Å². The molecule has 2 aromatic rings. The zero-order valence-corrected chi connectivity index (χ0v) is 13.5. The van der Waals surface area contributed by atoms with Gasteiger partial charge in [-0.2, -0.15) is 0 Å². The molecule has 1 amide bonds. The maximum absolute atomic E-state index is 13.8. The summed E-state index contributed by atoms with van der Waals surface area (Å²) in [4.78, 5) is 12.4. The topological polar surface area (TPSA) is 56.8 Å². The first kappa shape index (κ1) is 16.9. The first-order valence-corrected chi connectivity index (χ1v) is 6.94. The monoisotopic (exact) mass is 339 g/mol. The third-order valence-electron chi connectivity index (χ3n) is 3.13.